The van der Waals surface area contributed by atoms with Gasteiger partial charge < -0.3 is 10.0 Å². The quantitative estimate of drug-likeness (QED) is 0.668. The summed E-state index contributed by atoms with van der Waals surface area (Å²) in [6.07, 6.45) is 0.871. The first-order valence-electron chi connectivity index (χ1n) is 9.66. The third kappa shape index (κ3) is 4.77. The molecule has 0 fully saturated rings. The van der Waals surface area contributed by atoms with Gasteiger partial charge in [-0.3, -0.25) is 9.48 Å². The lowest BCUT2D eigenvalue weighted by atomic mass is 9.98. The van der Waals surface area contributed by atoms with Gasteiger partial charge in [-0.25, -0.2) is 21.6 Å². The SMILES string of the molecule is C[C@H]1Cn2ncc(S(=O)(=O)CC(C)(C)CO)c2CN1C(=O)Cc1cc(F)c(F)c(F)c1. The van der Waals surface area contributed by atoms with Crippen LogP contribution in [0.15, 0.2) is 23.2 Å². The first-order chi connectivity index (χ1) is 14.3. The Balaban J connectivity index is 1.86. The van der Waals surface area contributed by atoms with Gasteiger partial charge in [-0.05, 0) is 24.6 Å². The molecule has 1 aromatic carbocycles. The third-order valence-electron chi connectivity index (χ3n) is 5.26. The molecule has 1 aliphatic heterocycles. The Bertz CT molecular complexity index is 1090. The van der Waals surface area contributed by atoms with Gasteiger partial charge in [0, 0.05) is 18.1 Å². The van der Waals surface area contributed by atoms with Crippen LogP contribution in [0.4, 0.5) is 13.2 Å². The fraction of sp³-hybridized carbons (Fsp3) is 0.500. The predicted molar refractivity (Wildman–Crippen MR) is 105 cm³/mol. The number of fused-ring (bicyclic) bond motifs is 1. The molecule has 0 saturated carbocycles. The number of carbonyl (C=O) groups excluding carboxylic acids is 1. The lowest BCUT2D eigenvalue weighted by Gasteiger charge is -2.34. The lowest BCUT2D eigenvalue weighted by Crippen LogP contribution is -2.46. The molecule has 0 spiro atoms. The third-order valence-corrected chi connectivity index (χ3v) is 7.44. The Labute approximate surface area is 178 Å². The molecule has 1 amide bonds. The summed E-state index contributed by atoms with van der Waals surface area (Å²) in [5, 5.41) is 13.6. The summed E-state index contributed by atoms with van der Waals surface area (Å²) in [5.41, 5.74) is -0.552. The smallest absolute Gasteiger partial charge is 0.227 e. The molecule has 2 heterocycles. The highest BCUT2D eigenvalue weighted by Crippen LogP contribution is 2.29. The molecule has 0 bridgehead atoms. The summed E-state index contributed by atoms with van der Waals surface area (Å²) in [5.74, 6) is -5.15. The van der Waals surface area contributed by atoms with Crippen LogP contribution < -0.4 is 0 Å². The van der Waals surface area contributed by atoms with Crippen molar-refractivity contribution in [2.24, 2.45) is 5.41 Å². The molecule has 1 atom stereocenters. The van der Waals surface area contributed by atoms with Gasteiger partial charge in [0.1, 0.15) is 4.90 Å². The molecule has 1 aromatic heterocycles. The lowest BCUT2D eigenvalue weighted by molar-refractivity contribution is -0.134. The molecule has 1 aliphatic rings. The van der Waals surface area contributed by atoms with Crippen LogP contribution in [0, 0.1) is 22.9 Å². The minimum atomic E-state index is -3.79. The zero-order valence-corrected chi connectivity index (χ0v) is 18.2. The number of nitrogens with zero attached hydrogens (tertiary/aromatic N) is 3. The van der Waals surface area contributed by atoms with E-state index in [4.69, 9.17) is 0 Å². The standard InChI is InChI=1S/C20H24F3N3O4S/c1-12-8-26-16(17(7-24-26)31(29,30)11-20(2,3)10-27)9-25(12)18(28)6-13-4-14(21)19(23)15(22)5-13/h4-5,7,12,27H,6,8-11H2,1-3H3/t12-/m0/s1. The van der Waals surface area contributed by atoms with Crippen LogP contribution in [-0.4, -0.2) is 52.5 Å². The van der Waals surface area contributed by atoms with Crippen LogP contribution in [0.1, 0.15) is 32.0 Å². The molecule has 3 rings (SSSR count). The molecule has 1 N–H and O–H groups in total. The average Bonchev–Trinajstić information content (AvgIpc) is 3.08. The second kappa shape index (κ2) is 8.27. The second-order valence-corrected chi connectivity index (χ2v) is 10.6. The second-order valence-electron chi connectivity index (χ2n) is 8.64. The number of rotatable bonds is 6. The first-order valence-corrected chi connectivity index (χ1v) is 11.3. The molecule has 0 radical (unpaired) electrons. The van der Waals surface area contributed by atoms with Gasteiger partial charge >= 0.3 is 0 Å². The number of aliphatic hydroxyl groups excluding tert-OH is 1. The Morgan fingerprint density at radius 2 is 1.87 bits per heavy atom. The summed E-state index contributed by atoms with van der Waals surface area (Å²) >= 11 is 0. The van der Waals surface area contributed by atoms with Gasteiger partial charge in [0.25, 0.3) is 0 Å². The number of amides is 1. The molecule has 0 unspecified atom stereocenters. The highest BCUT2D eigenvalue weighted by Gasteiger charge is 2.35. The molecular formula is C20H24F3N3O4S. The van der Waals surface area contributed by atoms with Crippen molar-refractivity contribution in [1.29, 1.82) is 0 Å². The van der Waals surface area contributed by atoms with Crippen molar-refractivity contribution in [3.63, 3.8) is 0 Å². The Morgan fingerprint density at radius 3 is 2.45 bits per heavy atom. The number of hydrogen-bond donors (Lipinski definition) is 1. The number of aliphatic hydroxyl groups is 1. The number of sulfone groups is 1. The monoisotopic (exact) mass is 459 g/mol. The Kier molecular flexibility index (Phi) is 6.21. The van der Waals surface area contributed by atoms with Crippen LogP contribution in [0.5, 0.6) is 0 Å². The highest BCUT2D eigenvalue weighted by molar-refractivity contribution is 7.91. The van der Waals surface area contributed by atoms with Crippen molar-refractivity contribution in [2.45, 2.75) is 51.2 Å². The largest absolute Gasteiger partial charge is 0.396 e. The van der Waals surface area contributed by atoms with Gasteiger partial charge in [-0.2, -0.15) is 5.10 Å². The van der Waals surface area contributed by atoms with Crippen molar-refractivity contribution in [3.05, 3.63) is 47.0 Å². The van der Waals surface area contributed by atoms with Crippen LogP contribution >= 0.6 is 0 Å². The maximum atomic E-state index is 13.5. The van der Waals surface area contributed by atoms with E-state index in [0.29, 0.717) is 5.69 Å². The van der Waals surface area contributed by atoms with Crippen LogP contribution in [0.25, 0.3) is 0 Å². The normalized spacial score (nSPS) is 17.0. The summed E-state index contributed by atoms with van der Waals surface area (Å²) in [6, 6.07) is 1.18. The van der Waals surface area contributed by atoms with Crippen molar-refractivity contribution in [2.75, 3.05) is 12.4 Å². The number of halogens is 3. The fourth-order valence-electron chi connectivity index (χ4n) is 3.59. The molecule has 31 heavy (non-hydrogen) atoms. The minimum absolute atomic E-state index is 0.0161. The van der Waals surface area contributed by atoms with E-state index in [-0.39, 0.29) is 48.4 Å². The van der Waals surface area contributed by atoms with Crippen molar-refractivity contribution in [1.82, 2.24) is 14.7 Å². The average molecular weight is 459 g/mol. The summed E-state index contributed by atoms with van der Waals surface area (Å²) in [6.45, 7) is 4.87. The summed E-state index contributed by atoms with van der Waals surface area (Å²) < 4.78 is 67.5. The van der Waals surface area contributed by atoms with Crippen molar-refractivity contribution < 1.29 is 31.5 Å². The summed E-state index contributed by atoms with van der Waals surface area (Å²) in [4.78, 5) is 14.2. The molecule has 11 heteroatoms. The van der Waals surface area contributed by atoms with E-state index >= 15 is 0 Å². The van der Waals surface area contributed by atoms with Gasteiger partial charge in [-0.15, -0.1) is 0 Å². The van der Waals surface area contributed by atoms with Gasteiger partial charge in [0.15, 0.2) is 27.3 Å². The van der Waals surface area contributed by atoms with E-state index in [1.807, 2.05) is 0 Å². The first kappa shape index (κ1) is 23.3. The molecule has 7 nitrogen and oxygen atoms in total. The van der Waals surface area contributed by atoms with E-state index in [9.17, 15) is 31.5 Å². The maximum Gasteiger partial charge on any atom is 0.227 e. The van der Waals surface area contributed by atoms with Crippen LogP contribution in [-0.2, 0) is 34.1 Å². The van der Waals surface area contributed by atoms with Gasteiger partial charge in [-0.1, -0.05) is 13.8 Å². The summed E-state index contributed by atoms with van der Waals surface area (Å²) in [7, 11) is -3.79. The van der Waals surface area contributed by atoms with E-state index in [2.05, 4.69) is 5.10 Å². The zero-order chi connectivity index (χ0) is 23.1. The molecule has 170 valence electrons. The van der Waals surface area contributed by atoms with E-state index < -0.39 is 38.6 Å². The Hall–Kier alpha value is -2.40. The molecule has 0 aliphatic carbocycles. The number of carbonyl (C=O) groups is 1. The molecule has 0 saturated heterocycles. The van der Waals surface area contributed by atoms with E-state index in [1.165, 1.54) is 15.8 Å². The van der Waals surface area contributed by atoms with Crippen LogP contribution in [0.3, 0.4) is 0 Å². The number of benzene rings is 1. The zero-order valence-electron chi connectivity index (χ0n) is 17.4. The molecular weight excluding hydrogens is 435 g/mol. The van der Waals surface area contributed by atoms with E-state index in [1.54, 1.807) is 20.8 Å². The highest BCUT2D eigenvalue weighted by atomic mass is 32.2. The van der Waals surface area contributed by atoms with Gasteiger partial charge in [0.2, 0.25) is 5.91 Å². The Morgan fingerprint density at radius 1 is 1.26 bits per heavy atom. The fourth-order valence-corrected chi connectivity index (χ4v) is 5.61. The van der Waals surface area contributed by atoms with E-state index in [0.717, 1.165) is 12.1 Å². The number of aromatic nitrogens is 2. The van der Waals surface area contributed by atoms with Gasteiger partial charge in [0.05, 0.1) is 37.2 Å². The maximum absolute atomic E-state index is 13.5. The predicted octanol–water partition coefficient (Wildman–Crippen LogP) is 2.07. The van der Waals surface area contributed by atoms with Crippen molar-refractivity contribution in [3.8, 4) is 0 Å². The van der Waals surface area contributed by atoms with Crippen molar-refractivity contribution >= 4 is 15.7 Å². The minimum Gasteiger partial charge on any atom is -0.396 e. The number of hydrogen-bond acceptors (Lipinski definition) is 5. The van der Waals surface area contributed by atoms with Crippen LogP contribution in [0.2, 0.25) is 0 Å². The topological polar surface area (TPSA) is 92.5 Å². The molecule has 2 aromatic rings.